The first kappa shape index (κ1) is 9.60. The van der Waals surface area contributed by atoms with Crippen molar-refractivity contribution in [1.29, 1.82) is 0 Å². The second kappa shape index (κ2) is 3.69. The van der Waals surface area contributed by atoms with Crippen LogP contribution in [0, 0.1) is 0 Å². The van der Waals surface area contributed by atoms with Crippen LogP contribution in [-0.4, -0.2) is 19.8 Å². The number of aliphatic imine (C=N–C) groups is 1. The van der Waals surface area contributed by atoms with Crippen molar-refractivity contribution in [2.24, 2.45) is 4.99 Å². The third kappa shape index (κ3) is 2.94. The molecule has 0 rings (SSSR count). The van der Waals surface area contributed by atoms with Crippen LogP contribution in [0.5, 0.6) is 0 Å². The second-order valence-electron chi connectivity index (χ2n) is 3.51. The average molecular weight is 157 g/mol. The zero-order valence-corrected chi connectivity index (χ0v) is 8.14. The van der Waals surface area contributed by atoms with Crippen molar-refractivity contribution in [2.45, 2.75) is 38.7 Å². The van der Waals surface area contributed by atoms with Crippen molar-refractivity contribution in [3.05, 3.63) is 0 Å². The molecule has 1 atom stereocenters. The van der Waals surface area contributed by atoms with Crippen molar-refractivity contribution in [3.63, 3.8) is 0 Å². The molecule has 0 radical (unpaired) electrons. The highest BCUT2D eigenvalue weighted by atomic mass is 28.3. The fourth-order valence-corrected chi connectivity index (χ4v) is 2.63. The lowest BCUT2D eigenvalue weighted by Gasteiger charge is -2.21. The number of isocyanates is 1. The number of rotatable bonds is 3. The average Bonchev–Trinajstić information content (AvgIpc) is 1.80. The molecule has 0 fully saturated rings. The summed E-state index contributed by atoms with van der Waals surface area (Å²) in [5.74, 6) is 0. The van der Waals surface area contributed by atoms with E-state index in [1.165, 1.54) is 0 Å². The van der Waals surface area contributed by atoms with Gasteiger partial charge in [0.1, 0.15) is 0 Å². The molecule has 0 aliphatic carbocycles. The molecular formula is C7H15NOSi. The fraction of sp³-hybridized carbons (Fsp3) is 0.857. The van der Waals surface area contributed by atoms with E-state index in [2.05, 4.69) is 31.6 Å². The Morgan fingerprint density at radius 1 is 1.50 bits per heavy atom. The zero-order valence-electron chi connectivity index (χ0n) is 7.14. The minimum atomic E-state index is -1.24. The molecule has 0 aliphatic heterocycles. The van der Waals surface area contributed by atoms with Gasteiger partial charge in [0, 0.05) is 0 Å². The van der Waals surface area contributed by atoms with E-state index in [9.17, 15) is 4.79 Å². The highest BCUT2D eigenvalue weighted by Gasteiger charge is 2.24. The highest BCUT2D eigenvalue weighted by molar-refractivity contribution is 6.77. The largest absolute Gasteiger partial charge is 0.234 e. The Bertz CT molecular complexity index is 144. The van der Waals surface area contributed by atoms with E-state index in [4.69, 9.17) is 0 Å². The van der Waals surface area contributed by atoms with Crippen LogP contribution in [-0.2, 0) is 4.79 Å². The molecule has 3 heteroatoms. The van der Waals surface area contributed by atoms with Crippen LogP contribution >= 0.6 is 0 Å². The standard InChI is InChI=1S/C7H15NOSi/c1-5-7(8-6-9)10(2,3)4/h7H,5H2,1-4H3. The van der Waals surface area contributed by atoms with Crippen LogP contribution in [0.1, 0.15) is 13.3 Å². The fourth-order valence-electron chi connectivity index (χ4n) is 0.961. The Balaban J connectivity index is 4.20. The van der Waals surface area contributed by atoms with Crippen molar-refractivity contribution in [2.75, 3.05) is 0 Å². The summed E-state index contributed by atoms with van der Waals surface area (Å²) in [7, 11) is -1.24. The number of carbonyl (C=O) groups excluding carboxylic acids is 1. The van der Waals surface area contributed by atoms with Gasteiger partial charge in [-0.2, -0.15) is 0 Å². The quantitative estimate of drug-likeness (QED) is 0.350. The summed E-state index contributed by atoms with van der Waals surface area (Å²) in [6, 6.07) is 0. The molecule has 0 aromatic carbocycles. The van der Waals surface area contributed by atoms with E-state index in [0.717, 1.165) is 6.42 Å². The molecule has 10 heavy (non-hydrogen) atoms. The molecule has 0 aliphatic rings. The Kier molecular flexibility index (Phi) is 3.54. The lowest BCUT2D eigenvalue weighted by atomic mass is 10.5. The monoisotopic (exact) mass is 157 g/mol. The Hall–Kier alpha value is -0.403. The van der Waals surface area contributed by atoms with Gasteiger partial charge in [0.2, 0.25) is 6.08 Å². The molecule has 58 valence electrons. The molecule has 0 aromatic heterocycles. The summed E-state index contributed by atoms with van der Waals surface area (Å²) in [5.41, 5.74) is 0.255. The summed E-state index contributed by atoms with van der Waals surface area (Å²) in [5, 5.41) is 0. The van der Waals surface area contributed by atoms with Gasteiger partial charge < -0.3 is 0 Å². The maximum absolute atomic E-state index is 9.95. The van der Waals surface area contributed by atoms with Crippen molar-refractivity contribution >= 4 is 14.2 Å². The smallest absolute Gasteiger partial charge is 0.211 e. The minimum Gasteiger partial charge on any atom is -0.211 e. The van der Waals surface area contributed by atoms with Crippen LogP contribution in [0.15, 0.2) is 4.99 Å². The molecule has 0 amide bonds. The van der Waals surface area contributed by atoms with E-state index < -0.39 is 8.07 Å². The predicted molar refractivity (Wildman–Crippen MR) is 45.5 cm³/mol. The molecule has 0 N–H and O–H groups in total. The predicted octanol–water partition coefficient (Wildman–Crippen LogP) is 1.98. The van der Waals surface area contributed by atoms with Crippen LogP contribution in [0.25, 0.3) is 0 Å². The van der Waals surface area contributed by atoms with Crippen molar-refractivity contribution in [3.8, 4) is 0 Å². The number of nitrogens with zero attached hydrogens (tertiary/aromatic N) is 1. The first-order chi connectivity index (χ1) is 4.52. The second-order valence-corrected chi connectivity index (χ2v) is 8.91. The number of hydrogen-bond donors (Lipinski definition) is 0. The Labute approximate surface area is 63.4 Å². The van der Waals surface area contributed by atoms with Gasteiger partial charge in [-0.1, -0.05) is 26.6 Å². The first-order valence-corrected chi connectivity index (χ1v) is 7.17. The summed E-state index contributed by atoms with van der Waals surface area (Å²) in [6.07, 6.45) is 2.60. The molecule has 2 nitrogen and oxygen atoms in total. The van der Waals surface area contributed by atoms with Gasteiger partial charge in [-0.3, -0.25) is 0 Å². The van der Waals surface area contributed by atoms with E-state index in [1.54, 1.807) is 6.08 Å². The molecular weight excluding hydrogens is 142 g/mol. The van der Waals surface area contributed by atoms with Gasteiger partial charge >= 0.3 is 0 Å². The van der Waals surface area contributed by atoms with Gasteiger partial charge in [-0.05, 0) is 6.42 Å². The van der Waals surface area contributed by atoms with Crippen LogP contribution in [0.3, 0.4) is 0 Å². The topological polar surface area (TPSA) is 29.4 Å². The summed E-state index contributed by atoms with van der Waals surface area (Å²) in [6.45, 7) is 8.69. The van der Waals surface area contributed by atoms with Crippen LogP contribution < -0.4 is 0 Å². The lowest BCUT2D eigenvalue weighted by molar-refractivity contribution is 0.561. The SMILES string of the molecule is CCC(N=C=O)[Si](C)(C)C. The molecule has 0 spiro atoms. The van der Waals surface area contributed by atoms with Crippen LogP contribution in [0.4, 0.5) is 0 Å². The molecule has 0 bridgehead atoms. The first-order valence-electron chi connectivity index (χ1n) is 3.59. The van der Waals surface area contributed by atoms with E-state index in [1.807, 2.05) is 0 Å². The Morgan fingerprint density at radius 3 is 2.10 bits per heavy atom. The summed E-state index contributed by atoms with van der Waals surface area (Å²) >= 11 is 0. The van der Waals surface area contributed by atoms with Crippen molar-refractivity contribution < 1.29 is 4.79 Å². The van der Waals surface area contributed by atoms with E-state index >= 15 is 0 Å². The lowest BCUT2D eigenvalue weighted by Crippen LogP contribution is -2.36. The normalized spacial score (nSPS) is 14.0. The van der Waals surface area contributed by atoms with E-state index in [0.29, 0.717) is 0 Å². The summed E-state index contributed by atoms with van der Waals surface area (Å²) in [4.78, 5) is 13.7. The van der Waals surface area contributed by atoms with E-state index in [-0.39, 0.29) is 5.67 Å². The highest BCUT2D eigenvalue weighted by Crippen LogP contribution is 2.13. The Morgan fingerprint density at radius 2 is 2.00 bits per heavy atom. The third-order valence-corrected chi connectivity index (χ3v) is 4.13. The number of hydrogen-bond acceptors (Lipinski definition) is 2. The van der Waals surface area contributed by atoms with Gasteiger partial charge in [0.25, 0.3) is 0 Å². The minimum absolute atomic E-state index is 0.255. The maximum atomic E-state index is 9.95. The molecule has 0 saturated heterocycles. The van der Waals surface area contributed by atoms with Gasteiger partial charge in [-0.25, -0.2) is 9.79 Å². The maximum Gasteiger partial charge on any atom is 0.234 e. The third-order valence-electron chi connectivity index (χ3n) is 1.59. The van der Waals surface area contributed by atoms with Gasteiger partial charge in [-0.15, -0.1) is 0 Å². The molecule has 0 aromatic rings. The summed E-state index contributed by atoms with van der Waals surface area (Å²) < 4.78 is 0. The zero-order chi connectivity index (χ0) is 8.20. The van der Waals surface area contributed by atoms with Crippen molar-refractivity contribution in [1.82, 2.24) is 0 Å². The molecule has 0 heterocycles. The van der Waals surface area contributed by atoms with Gasteiger partial charge in [0.05, 0.1) is 13.7 Å². The molecule has 1 unspecified atom stereocenters. The van der Waals surface area contributed by atoms with Crippen LogP contribution in [0.2, 0.25) is 19.6 Å². The van der Waals surface area contributed by atoms with Gasteiger partial charge in [0.15, 0.2) is 0 Å². The molecule has 0 saturated carbocycles.